The maximum atomic E-state index is 5.82. The van der Waals surface area contributed by atoms with Gasteiger partial charge in [-0.05, 0) is 57.4 Å². The highest BCUT2D eigenvalue weighted by Crippen LogP contribution is 2.43. The van der Waals surface area contributed by atoms with Crippen molar-refractivity contribution in [1.82, 2.24) is 5.32 Å². The predicted octanol–water partition coefficient (Wildman–Crippen LogP) is 4.46. The van der Waals surface area contributed by atoms with E-state index < -0.39 is 0 Å². The van der Waals surface area contributed by atoms with Gasteiger partial charge in [0.1, 0.15) is 5.75 Å². The summed E-state index contributed by atoms with van der Waals surface area (Å²) in [6.07, 6.45) is 4.57. The van der Waals surface area contributed by atoms with E-state index in [0.717, 1.165) is 36.0 Å². The van der Waals surface area contributed by atoms with Crippen LogP contribution in [-0.4, -0.2) is 25.9 Å². The highest BCUT2D eigenvalue weighted by molar-refractivity contribution is 9.10. The van der Waals surface area contributed by atoms with Gasteiger partial charge < -0.3 is 14.8 Å². The van der Waals surface area contributed by atoms with Crippen molar-refractivity contribution in [1.29, 1.82) is 0 Å². The van der Waals surface area contributed by atoms with Gasteiger partial charge in [-0.2, -0.15) is 0 Å². The molecule has 0 radical (unpaired) electrons. The normalized spacial score (nSPS) is 18.1. The third-order valence-electron chi connectivity index (χ3n) is 4.37. The Morgan fingerprint density at radius 1 is 1.33 bits per heavy atom. The summed E-state index contributed by atoms with van der Waals surface area (Å²) < 4.78 is 12.7. The van der Waals surface area contributed by atoms with Crippen LogP contribution in [0.1, 0.15) is 51.1 Å². The summed E-state index contributed by atoms with van der Waals surface area (Å²) in [5, 5.41) is 3.60. The maximum absolute atomic E-state index is 5.82. The van der Waals surface area contributed by atoms with Gasteiger partial charge in [-0.15, -0.1) is 0 Å². The van der Waals surface area contributed by atoms with Crippen LogP contribution in [0.4, 0.5) is 0 Å². The van der Waals surface area contributed by atoms with E-state index in [1.165, 1.54) is 12.0 Å². The number of halogens is 1. The van der Waals surface area contributed by atoms with Crippen molar-refractivity contribution in [3.63, 3.8) is 0 Å². The second-order valence-electron chi connectivity index (χ2n) is 5.67. The summed E-state index contributed by atoms with van der Waals surface area (Å²) >= 11 is 3.58. The van der Waals surface area contributed by atoms with Crippen molar-refractivity contribution >= 4 is 15.9 Å². The SMILES string of the molecule is CCNC(CC1(OC)CCC1)c1cc(Br)ccc1OCC. The Labute approximate surface area is 136 Å². The Hall–Kier alpha value is -0.580. The zero-order chi connectivity index (χ0) is 15.3. The van der Waals surface area contributed by atoms with Gasteiger partial charge in [0.25, 0.3) is 0 Å². The molecular weight excluding hydrogens is 330 g/mol. The molecule has 0 aromatic heterocycles. The number of methoxy groups -OCH3 is 1. The number of benzene rings is 1. The molecule has 0 saturated heterocycles. The molecule has 1 unspecified atom stereocenters. The molecule has 0 aliphatic heterocycles. The fourth-order valence-electron chi connectivity index (χ4n) is 3.05. The van der Waals surface area contributed by atoms with Gasteiger partial charge in [0.05, 0.1) is 12.2 Å². The molecule has 21 heavy (non-hydrogen) atoms. The Balaban J connectivity index is 2.26. The minimum absolute atomic E-state index is 0.0403. The molecule has 118 valence electrons. The first kappa shape index (κ1) is 16.8. The molecule has 1 saturated carbocycles. The Kier molecular flexibility index (Phi) is 6.08. The van der Waals surface area contributed by atoms with Crippen LogP contribution >= 0.6 is 15.9 Å². The lowest BCUT2D eigenvalue weighted by molar-refractivity contribution is -0.0838. The fraction of sp³-hybridized carbons (Fsp3) is 0.647. The van der Waals surface area contributed by atoms with E-state index in [1.54, 1.807) is 0 Å². The van der Waals surface area contributed by atoms with Gasteiger partial charge in [-0.3, -0.25) is 0 Å². The van der Waals surface area contributed by atoms with Crippen LogP contribution in [0.15, 0.2) is 22.7 Å². The van der Waals surface area contributed by atoms with Crippen LogP contribution < -0.4 is 10.1 Å². The molecule has 0 spiro atoms. The van der Waals surface area contributed by atoms with Gasteiger partial charge in [0.15, 0.2) is 0 Å². The molecule has 0 heterocycles. The first-order chi connectivity index (χ1) is 10.1. The lowest BCUT2D eigenvalue weighted by Crippen LogP contribution is -2.43. The maximum Gasteiger partial charge on any atom is 0.124 e. The smallest absolute Gasteiger partial charge is 0.124 e. The minimum atomic E-state index is 0.0403. The van der Waals surface area contributed by atoms with E-state index >= 15 is 0 Å². The molecule has 1 aromatic carbocycles. The quantitative estimate of drug-likeness (QED) is 0.746. The Bertz CT molecular complexity index is 455. The third kappa shape index (κ3) is 3.99. The molecule has 1 N–H and O–H groups in total. The largest absolute Gasteiger partial charge is 0.494 e. The van der Waals surface area contributed by atoms with E-state index in [0.29, 0.717) is 6.61 Å². The number of hydrogen-bond donors (Lipinski definition) is 1. The molecule has 1 aliphatic rings. The van der Waals surface area contributed by atoms with Crippen LogP contribution in [0.25, 0.3) is 0 Å². The Morgan fingerprint density at radius 3 is 2.62 bits per heavy atom. The van der Waals surface area contributed by atoms with Crippen molar-refractivity contribution in [3.05, 3.63) is 28.2 Å². The van der Waals surface area contributed by atoms with E-state index in [-0.39, 0.29) is 11.6 Å². The number of rotatable bonds is 8. The van der Waals surface area contributed by atoms with E-state index in [4.69, 9.17) is 9.47 Å². The standard InChI is InChI=1S/C17H26BrNO2/c1-4-19-15(12-17(20-3)9-6-10-17)14-11-13(18)7-8-16(14)21-5-2/h7-8,11,15,19H,4-6,9-10,12H2,1-3H3. The molecule has 4 heteroatoms. The van der Waals surface area contributed by atoms with Gasteiger partial charge in [-0.25, -0.2) is 0 Å². The molecule has 1 atom stereocenters. The van der Waals surface area contributed by atoms with Crippen LogP contribution in [-0.2, 0) is 4.74 Å². The summed E-state index contributed by atoms with van der Waals surface area (Å²) in [5.41, 5.74) is 1.26. The molecular formula is C17H26BrNO2. The van der Waals surface area contributed by atoms with Crippen LogP contribution in [0.2, 0.25) is 0 Å². The second-order valence-corrected chi connectivity index (χ2v) is 6.59. The number of hydrogen-bond acceptors (Lipinski definition) is 3. The molecule has 1 aromatic rings. The van der Waals surface area contributed by atoms with Gasteiger partial charge >= 0.3 is 0 Å². The molecule has 3 nitrogen and oxygen atoms in total. The van der Waals surface area contributed by atoms with Crippen LogP contribution in [0.3, 0.4) is 0 Å². The zero-order valence-electron chi connectivity index (χ0n) is 13.2. The first-order valence-electron chi connectivity index (χ1n) is 7.85. The molecule has 2 rings (SSSR count). The second kappa shape index (κ2) is 7.61. The van der Waals surface area contributed by atoms with Crippen molar-refractivity contribution in [2.75, 3.05) is 20.3 Å². The molecule has 0 bridgehead atoms. The van der Waals surface area contributed by atoms with Crippen molar-refractivity contribution in [2.24, 2.45) is 0 Å². The van der Waals surface area contributed by atoms with E-state index in [2.05, 4.69) is 34.2 Å². The average Bonchev–Trinajstić information content (AvgIpc) is 2.44. The zero-order valence-corrected chi connectivity index (χ0v) is 14.8. The lowest BCUT2D eigenvalue weighted by Gasteiger charge is -2.43. The minimum Gasteiger partial charge on any atom is -0.494 e. The van der Waals surface area contributed by atoms with E-state index in [9.17, 15) is 0 Å². The number of ether oxygens (including phenoxy) is 2. The van der Waals surface area contributed by atoms with Crippen molar-refractivity contribution in [3.8, 4) is 5.75 Å². The monoisotopic (exact) mass is 355 g/mol. The summed E-state index contributed by atoms with van der Waals surface area (Å²) in [5.74, 6) is 0.970. The van der Waals surface area contributed by atoms with Crippen molar-refractivity contribution < 1.29 is 9.47 Å². The Morgan fingerprint density at radius 2 is 2.10 bits per heavy atom. The lowest BCUT2D eigenvalue weighted by atomic mass is 9.74. The summed E-state index contributed by atoms with van der Waals surface area (Å²) in [6, 6.07) is 6.51. The van der Waals surface area contributed by atoms with Gasteiger partial charge in [0.2, 0.25) is 0 Å². The van der Waals surface area contributed by atoms with Crippen molar-refractivity contribution in [2.45, 2.75) is 51.2 Å². The van der Waals surface area contributed by atoms with Crippen LogP contribution in [0.5, 0.6) is 5.75 Å². The fourth-order valence-corrected chi connectivity index (χ4v) is 3.43. The molecule has 1 aliphatic carbocycles. The molecule has 1 fully saturated rings. The molecule has 0 amide bonds. The summed E-state index contributed by atoms with van der Waals surface area (Å²) in [6.45, 7) is 5.79. The van der Waals surface area contributed by atoms with Crippen LogP contribution in [0, 0.1) is 0 Å². The van der Waals surface area contributed by atoms with Gasteiger partial charge in [-0.1, -0.05) is 22.9 Å². The predicted molar refractivity (Wildman–Crippen MR) is 89.9 cm³/mol. The third-order valence-corrected chi connectivity index (χ3v) is 4.86. The number of nitrogens with one attached hydrogen (secondary N) is 1. The highest BCUT2D eigenvalue weighted by atomic mass is 79.9. The first-order valence-corrected chi connectivity index (χ1v) is 8.64. The van der Waals surface area contributed by atoms with E-state index in [1.807, 2.05) is 26.2 Å². The topological polar surface area (TPSA) is 30.5 Å². The average molecular weight is 356 g/mol. The summed E-state index contributed by atoms with van der Waals surface area (Å²) in [4.78, 5) is 0. The summed E-state index contributed by atoms with van der Waals surface area (Å²) in [7, 11) is 1.84. The van der Waals surface area contributed by atoms with Gasteiger partial charge in [0, 0.05) is 23.2 Å². The highest BCUT2D eigenvalue weighted by Gasteiger charge is 2.39.